The van der Waals surface area contributed by atoms with Crippen LogP contribution in [0.1, 0.15) is 35.9 Å². The van der Waals surface area contributed by atoms with Gasteiger partial charge in [0, 0.05) is 6.54 Å². The molecule has 0 fully saturated rings. The van der Waals surface area contributed by atoms with Gasteiger partial charge in [-0.3, -0.25) is 9.89 Å². The van der Waals surface area contributed by atoms with Crippen molar-refractivity contribution in [2.24, 2.45) is 5.14 Å². The number of carbonyl (C=O) groups excluding carboxylic acids is 1. The number of sulfonamides is 1. The number of unbranched alkanes of at least 4 members (excludes halogenated alkanes) is 1. The van der Waals surface area contributed by atoms with Crippen molar-refractivity contribution in [2.45, 2.75) is 31.6 Å². The summed E-state index contributed by atoms with van der Waals surface area (Å²) < 4.78 is 22.6. The fraction of sp³-hybridized carbons (Fsp3) is 0.556. The van der Waals surface area contributed by atoms with Gasteiger partial charge in [0.1, 0.15) is 4.90 Å². The lowest BCUT2D eigenvalue weighted by Gasteiger charge is -2.03. The molecule has 7 nitrogen and oxygen atoms in total. The van der Waals surface area contributed by atoms with Crippen LogP contribution >= 0.6 is 0 Å². The van der Waals surface area contributed by atoms with Crippen molar-refractivity contribution in [3.63, 3.8) is 0 Å². The number of carbonyl (C=O) groups is 1. The van der Waals surface area contributed by atoms with Gasteiger partial charge < -0.3 is 5.32 Å². The maximum atomic E-state index is 11.7. The number of nitrogens with zero attached hydrogens (tertiary/aromatic N) is 1. The maximum Gasteiger partial charge on any atom is 0.273 e. The molecule has 17 heavy (non-hydrogen) atoms. The number of rotatable bonds is 5. The molecule has 0 aromatic carbocycles. The first-order valence-corrected chi connectivity index (χ1v) is 6.78. The minimum Gasteiger partial charge on any atom is -0.351 e. The molecule has 0 saturated heterocycles. The third-order valence-electron chi connectivity index (χ3n) is 2.21. The van der Waals surface area contributed by atoms with Crippen molar-refractivity contribution in [3.8, 4) is 0 Å². The summed E-state index contributed by atoms with van der Waals surface area (Å²) in [4.78, 5) is 11.4. The highest BCUT2D eigenvalue weighted by Crippen LogP contribution is 2.15. The Balaban J connectivity index is 2.96. The number of amides is 1. The van der Waals surface area contributed by atoms with Crippen LogP contribution in [0.4, 0.5) is 0 Å². The smallest absolute Gasteiger partial charge is 0.273 e. The highest BCUT2D eigenvalue weighted by Gasteiger charge is 2.25. The Morgan fingerprint density at radius 3 is 2.71 bits per heavy atom. The quantitative estimate of drug-likeness (QED) is 0.640. The van der Waals surface area contributed by atoms with Gasteiger partial charge in [0.2, 0.25) is 10.0 Å². The Morgan fingerprint density at radius 2 is 2.18 bits per heavy atom. The van der Waals surface area contributed by atoms with E-state index < -0.39 is 15.9 Å². The van der Waals surface area contributed by atoms with E-state index in [-0.39, 0.29) is 16.3 Å². The van der Waals surface area contributed by atoms with Gasteiger partial charge in [0.05, 0.1) is 5.69 Å². The van der Waals surface area contributed by atoms with E-state index in [4.69, 9.17) is 5.14 Å². The van der Waals surface area contributed by atoms with Crippen LogP contribution < -0.4 is 10.5 Å². The highest BCUT2D eigenvalue weighted by atomic mass is 32.2. The lowest BCUT2D eigenvalue weighted by molar-refractivity contribution is 0.0945. The SMILES string of the molecule is CCCCNC(=O)c1n[nH]c(C)c1S(N)(=O)=O. The van der Waals surface area contributed by atoms with E-state index in [1.807, 2.05) is 6.92 Å². The summed E-state index contributed by atoms with van der Waals surface area (Å²) in [5, 5.41) is 13.7. The predicted octanol–water partition coefficient (Wildman–Crippen LogP) is -0.105. The maximum absolute atomic E-state index is 11.7. The molecule has 1 aromatic heterocycles. The highest BCUT2D eigenvalue weighted by molar-refractivity contribution is 7.89. The van der Waals surface area contributed by atoms with E-state index in [2.05, 4.69) is 15.5 Å². The number of hydrogen-bond donors (Lipinski definition) is 3. The molecule has 0 unspecified atom stereocenters. The van der Waals surface area contributed by atoms with Crippen molar-refractivity contribution in [2.75, 3.05) is 6.54 Å². The first-order valence-electron chi connectivity index (χ1n) is 5.24. The zero-order chi connectivity index (χ0) is 13.1. The fourth-order valence-electron chi connectivity index (χ4n) is 1.38. The fourth-order valence-corrected chi connectivity index (χ4v) is 2.26. The van der Waals surface area contributed by atoms with E-state index in [9.17, 15) is 13.2 Å². The van der Waals surface area contributed by atoms with Crippen molar-refractivity contribution >= 4 is 15.9 Å². The van der Waals surface area contributed by atoms with Crippen molar-refractivity contribution in [1.29, 1.82) is 0 Å². The van der Waals surface area contributed by atoms with Gasteiger partial charge in [-0.05, 0) is 13.3 Å². The minimum atomic E-state index is -3.95. The third-order valence-corrected chi connectivity index (χ3v) is 3.28. The summed E-state index contributed by atoms with van der Waals surface area (Å²) in [5.74, 6) is -0.535. The number of hydrogen-bond acceptors (Lipinski definition) is 4. The second kappa shape index (κ2) is 5.28. The van der Waals surface area contributed by atoms with Crippen LogP contribution in [0.2, 0.25) is 0 Å². The number of H-pyrrole nitrogens is 1. The molecule has 0 radical (unpaired) electrons. The van der Waals surface area contributed by atoms with Crippen LogP contribution in [0.5, 0.6) is 0 Å². The van der Waals surface area contributed by atoms with Crippen LogP contribution in [0.15, 0.2) is 4.90 Å². The number of nitrogens with one attached hydrogen (secondary N) is 2. The molecule has 0 aliphatic carbocycles. The molecular weight excluding hydrogens is 244 g/mol. The molecule has 0 spiro atoms. The molecule has 0 aliphatic rings. The van der Waals surface area contributed by atoms with Gasteiger partial charge in [0.25, 0.3) is 5.91 Å². The average molecular weight is 260 g/mol. The molecule has 1 amide bonds. The second-order valence-corrected chi connectivity index (χ2v) is 5.18. The summed E-state index contributed by atoms with van der Waals surface area (Å²) >= 11 is 0. The van der Waals surface area contributed by atoms with Gasteiger partial charge in [-0.15, -0.1) is 0 Å². The molecule has 1 heterocycles. The molecule has 96 valence electrons. The van der Waals surface area contributed by atoms with Crippen LogP contribution in [0.25, 0.3) is 0 Å². The Morgan fingerprint density at radius 1 is 1.53 bits per heavy atom. The first kappa shape index (κ1) is 13.7. The van der Waals surface area contributed by atoms with Crippen LogP contribution in [-0.2, 0) is 10.0 Å². The molecule has 0 saturated carbocycles. The Labute approximate surface area is 99.8 Å². The summed E-state index contributed by atoms with van der Waals surface area (Å²) in [6.07, 6.45) is 1.75. The Kier molecular flexibility index (Phi) is 4.24. The molecule has 0 bridgehead atoms. The molecule has 1 aromatic rings. The molecule has 1 rings (SSSR count). The largest absolute Gasteiger partial charge is 0.351 e. The number of aryl methyl sites for hydroxylation is 1. The van der Waals surface area contributed by atoms with Crippen molar-refractivity contribution in [3.05, 3.63) is 11.4 Å². The normalized spacial score (nSPS) is 11.5. The topological polar surface area (TPSA) is 118 Å². The lowest BCUT2D eigenvalue weighted by Crippen LogP contribution is -2.27. The molecule has 0 atom stereocenters. The number of nitrogens with two attached hydrogens (primary N) is 1. The Bertz CT molecular complexity index is 506. The van der Waals surface area contributed by atoms with E-state index in [1.165, 1.54) is 6.92 Å². The van der Waals surface area contributed by atoms with E-state index in [0.29, 0.717) is 6.54 Å². The number of aromatic amines is 1. The third kappa shape index (κ3) is 3.27. The predicted molar refractivity (Wildman–Crippen MR) is 61.9 cm³/mol. The van der Waals surface area contributed by atoms with Crippen LogP contribution in [-0.4, -0.2) is 31.1 Å². The Hall–Kier alpha value is -1.41. The van der Waals surface area contributed by atoms with Gasteiger partial charge in [-0.1, -0.05) is 13.3 Å². The molecule has 8 heteroatoms. The van der Waals surface area contributed by atoms with Gasteiger partial charge in [-0.25, -0.2) is 13.6 Å². The van der Waals surface area contributed by atoms with Crippen molar-refractivity contribution in [1.82, 2.24) is 15.5 Å². The standard InChI is InChI=1S/C9H16N4O3S/c1-3-4-5-11-9(14)7-8(17(10,15)16)6(2)12-13-7/h3-5H2,1-2H3,(H,11,14)(H,12,13)(H2,10,15,16). The van der Waals surface area contributed by atoms with E-state index in [1.54, 1.807) is 0 Å². The first-order chi connectivity index (χ1) is 7.88. The van der Waals surface area contributed by atoms with E-state index >= 15 is 0 Å². The molecule has 0 aliphatic heterocycles. The van der Waals surface area contributed by atoms with Gasteiger partial charge in [0.15, 0.2) is 5.69 Å². The zero-order valence-corrected chi connectivity index (χ0v) is 10.6. The summed E-state index contributed by atoms with van der Waals surface area (Å²) in [6, 6.07) is 0. The molecule has 4 N–H and O–H groups in total. The van der Waals surface area contributed by atoms with Gasteiger partial charge in [-0.2, -0.15) is 5.10 Å². The van der Waals surface area contributed by atoms with Crippen LogP contribution in [0.3, 0.4) is 0 Å². The summed E-state index contributed by atoms with van der Waals surface area (Å²) in [5.41, 5.74) is 0.0780. The zero-order valence-electron chi connectivity index (χ0n) is 9.78. The van der Waals surface area contributed by atoms with E-state index in [0.717, 1.165) is 12.8 Å². The number of primary sulfonamides is 1. The minimum absolute atomic E-state index is 0.180. The number of aromatic nitrogens is 2. The van der Waals surface area contributed by atoms with Gasteiger partial charge >= 0.3 is 0 Å². The van der Waals surface area contributed by atoms with Crippen LogP contribution in [0, 0.1) is 6.92 Å². The summed E-state index contributed by atoms with van der Waals surface area (Å²) in [6.45, 7) is 3.96. The monoisotopic (exact) mass is 260 g/mol. The average Bonchev–Trinajstić information content (AvgIpc) is 2.60. The second-order valence-electron chi connectivity index (χ2n) is 3.68. The van der Waals surface area contributed by atoms with Crippen molar-refractivity contribution < 1.29 is 13.2 Å². The lowest BCUT2D eigenvalue weighted by atomic mass is 10.3. The molecular formula is C9H16N4O3S. The summed E-state index contributed by atoms with van der Waals surface area (Å²) in [7, 11) is -3.95.